The summed E-state index contributed by atoms with van der Waals surface area (Å²) in [7, 11) is -0.844. The van der Waals surface area contributed by atoms with E-state index in [2.05, 4.69) is 11.4 Å². The molecule has 0 radical (unpaired) electrons. The minimum absolute atomic E-state index is 0.216. The zero-order valence-electron chi connectivity index (χ0n) is 9.54. The van der Waals surface area contributed by atoms with Crippen molar-refractivity contribution in [1.82, 2.24) is 9.84 Å². The molecule has 0 saturated carbocycles. The molecule has 0 aliphatic heterocycles. The van der Waals surface area contributed by atoms with Crippen LogP contribution in [0.4, 0.5) is 0 Å². The van der Waals surface area contributed by atoms with Gasteiger partial charge in [0.05, 0.1) is 5.57 Å². The summed E-state index contributed by atoms with van der Waals surface area (Å²) in [5.74, 6) is -1.27. The highest BCUT2D eigenvalue weighted by Crippen LogP contribution is 2.24. The van der Waals surface area contributed by atoms with E-state index in [1.54, 1.807) is 0 Å². The van der Waals surface area contributed by atoms with Crippen molar-refractivity contribution < 1.29 is 18.3 Å². The molecule has 94 valence electrons. The van der Waals surface area contributed by atoms with Crippen LogP contribution in [0.15, 0.2) is 36.0 Å². The molecule has 1 unspecified atom stereocenters. The number of aliphatic carboxylic acids is 1. The molecule has 0 spiro atoms. The summed E-state index contributed by atoms with van der Waals surface area (Å²) >= 11 is 0. The number of carbonyl (C=O) groups is 1. The molecule has 0 aromatic carbocycles. The summed E-state index contributed by atoms with van der Waals surface area (Å²) in [4.78, 5) is 13.2. The second-order valence-corrected chi connectivity index (χ2v) is 5.52. The lowest BCUT2D eigenvalue weighted by Crippen LogP contribution is -2.44. The number of hydrogen-bond donors (Lipinski definition) is 2. The topological polar surface area (TPSA) is 86.7 Å². The lowest BCUT2D eigenvalue weighted by atomic mass is 10.0. The number of sulfonamides is 1. The number of allylic oxidation sites excluding steroid dienone is 3. The molecule has 1 aliphatic carbocycles. The van der Waals surface area contributed by atoms with E-state index in [4.69, 9.17) is 5.11 Å². The van der Waals surface area contributed by atoms with Gasteiger partial charge in [-0.1, -0.05) is 24.8 Å². The molecular weight excluding hydrogens is 244 g/mol. The first-order valence-electron chi connectivity index (χ1n) is 4.74. The van der Waals surface area contributed by atoms with Crippen molar-refractivity contribution in [2.24, 2.45) is 0 Å². The zero-order chi connectivity index (χ0) is 13.2. The van der Waals surface area contributed by atoms with E-state index in [1.807, 2.05) is 0 Å². The molecular formula is C10H14N2O4S. The lowest BCUT2D eigenvalue weighted by molar-refractivity contribution is -0.132. The molecule has 7 heteroatoms. The number of rotatable bonds is 4. The number of nitrogens with one attached hydrogen (secondary N) is 1. The molecule has 2 N–H and O–H groups in total. The third kappa shape index (κ3) is 3.02. The Bertz CT molecular complexity index is 502. The second-order valence-electron chi connectivity index (χ2n) is 3.77. The smallest absolute Gasteiger partial charge is 0.333 e. The van der Waals surface area contributed by atoms with Crippen LogP contribution in [-0.4, -0.2) is 43.8 Å². The van der Waals surface area contributed by atoms with E-state index in [1.165, 1.54) is 37.3 Å². The molecule has 6 nitrogen and oxygen atoms in total. The Morgan fingerprint density at radius 3 is 2.59 bits per heavy atom. The Kier molecular flexibility index (Phi) is 3.87. The molecule has 0 aromatic rings. The number of carboxylic acids is 1. The average Bonchev–Trinajstić information content (AvgIpc) is 2.14. The lowest BCUT2D eigenvalue weighted by Gasteiger charge is -2.23. The van der Waals surface area contributed by atoms with E-state index >= 15 is 0 Å². The largest absolute Gasteiger partial charge is 0.478 e. The van der Waals surface area contributed by atoms with Gasteiger partial charge in [0.15, 0.2) is 0 Å². The van der Waals surface area contributed by atoms with E-state index in [0.717, 1.165) is 0 Å². The van der Waals surface area contributed by atoms with Gasteiger partial charge in [0.25, 0.3) is 0 Å². The average molecular weight is 258 g/mol. The minimum Gasteiger partial charge on any atom is -0.478 e. The number of hydrazine groups is 1. The van der Waals surface area contributed by atoms with Crippen LogP contribution >= 0.6 is 0 Å². The van der Waals surface area contributed by atoms with Gasteiger partial charge in [0.1, 0.15) is 5.25 Å². The number of carboxylic acid groups (broad SMARTS) is 1. The van der Waals surface area contributed by atoms with Crippen molar-refractivity contribution in [1.29, 1.82) is 0 Å². The molecule has 0 fully saturated rings. The Morgan fingerprint density at radius 1 is 1.53 bits per heavy atom. The van der Waals surface area contributed by atoms with Crippen LogP contribution in [0.25, 0.3) is 0 Å². The molecule has 0 amide bonds. The first kappa shape index (κ1) is 13.6. The van der Waals surface area contributed by atoms with Crippen molar-refractivity contribution in [2.45, 2.75) is 5.25 Å². The van der Waals surface area contributed by atoms with Gasteiger partial charge in [-0.15, -0.1) is 4.83 Å². The van der Waals surface area contributed by atoms with Crippen LogP contribution in [-0.2, 0) is 14.8 Å². The molecule has 17 heavy (non-hydrogen) atoms. The quantitative estimate of drug-likeness (QED) is 0.687. The molecule has 1 rings (SSSR count). The summed E-state index contributed by atoms with van der Waals surface area (Å²) in [6.45, 7) is 3.57. The summed E-state index contributed by atoms with van der Waals surface area (Å²) in [6.07, 6.45) is 4.20. The Morgan fingerprint density at radius 2 is 2.12 bits per heavy atom. The SMILES string of the molecule is C=C1C=CC=C(C(=O)O)C1S(=O)(=O)NN(C)C. The van der Waals surface area contributed by atoms with Crippen molar-refractivity contribution in [3.05, 3.63) is 36.0 Å². The summed E-state index contributed by atoms with van der Waals surface area (Å²) in [6, 6.07) is 0. The van der Waals surface area contributed by atoms with Gasteiger partial charge in [-0.25, -0.2) is 18.2 Å². The van der Waals surface area contributed by atoms with E-state index in [0.29, 0.717) is 0 Å². The number of nitrogens with zero attached hydrogens (tertiary/aromatic N) is 1. The predicted octanol–water partition coefficient (Wildman–Crippen LogP) is -0.112. The third-order valence-corrected chi connectivity index (χ3v) is 3.87. The standard InChI is InChI=1S/C10H14N2O4S/c1-7-5-4-6-8(10(13)14)9(7)17(15,16)11-12(2)3/h4-6,9,11H,1H2,2-3H3,(H,13,14). The van der Waals surface area contributed by atoms with E-state index in [9.17, 15) is 13.2 Å². The zero-order valence-corrected chi connectivity index (χ0v) is 10.4. The minimum atomic E-state index is -3.85. The molecule has 0 saturated heterocycles. The second kappa shape index (κ2) is 4.82. The Hall–Kier alpha value is -1.44. The highest BCUT2D eigenvalue weighted by molar-refractivity contribution is 7.90. The maximum absolute atomic E-state index is 12.0. The fourth-order valence-corrected chi connectivity index (χ4v) is 3.11. The summed E-state index contributed by atoms with van der Waals surface area (Å²) < 4.78 is 23.9. The maximum Gasteiger partial charge on any atom is 0.333 e. The van der Waals surface area contributed by atoms with Crippen molar-refractivity contribution in [3.63, 3.8) is 0 Å². The van der Waals surface area contributed by atoms with Gasteiger partial charge in [-0.3, -0.25) is 0 Å². The highest BCUT2D eigenvalue weighted by Gasteiger charge is 2.35. The Labute approximate surface area is 99.9 Å². The van der Waals surface area contributed by atoms with Crippen LogP contribution < -0.4 is 4.83 Å². The van der Waals surface area contributed by atoms with Crippen LogP contribution in [0.1, 0.15) is 0 Å². The highest BCUT2D eigenvalue weighted by atomic mass is 32.2. The predicted molar refractivity (Wildman–Crippen MR) is 63.5 cm³/mol. The summed E-state index contributed by atoms with van der Waals surface area (Å²) in [5, 5.41) is 8.94. The van der Waals surface area contributed by atoms with Crippen LogP contribution in [0.5, 0.6) is 0 Å². The van der Waals surface area contributed by atoms with E-state index in [-0.39, 0.29) is 11.1 Å². The third-order valence-electron chi connectivity index (χ3n) is 2.07. The van der Waals surface area contributed by atoms with Crippen molar-refractivity contribution >= 4 is 16.0 Å². The van der Waals surface area contributed by atoms with Gasteiger partial charge in [-0.2, -0.15) is 0 Å². The molecule has 1 aliphatic rings. The van der Waals surface area contributed by atoms with Gasteiger partial charge in [0, 0.05) is 14.1 Å². The normalized spacial score (nSPS) is 20.5. The van der Waals surface area contributed by atoms with Crippen LogP contribution in [0.2, 0.25) is 0 Å². The monoisotopic (exact) mass is 258 g/mol. The van der Waals surface area contributed by atoms with Gasteiger partial charge >= 0.3 is 5.97 Å². The Balaban J connectivity index is 3.18. The molecule has 0 heterocycles. The molecule has 1 atom stereocenters. The van der Waals surface area contributed by atoms with Gasteiger partial charge in [-0.05, 0) is 5.57 Å². The van der Waals surface area contributed by atoms with Gasteiger partial charge < -0.3 is 5.11 Å². The molecule has 0 bridgehead atoms. The fourth-order valence-electron chi connectivity index (χ4n) is 1.51. The van der Waals surface area contributed by atoms with Crippen molar-refractivity contribution in [3.8, 4) is 0 Å². The number of hydrogen-bond acceptors (Lipinski definition) is 4. The van der Waals surface area contributed by atoms with Crippen LogP contribution in [0.3, 0.4) is 0 Å². The van der Waals surface area contributed by atoms with E-state index < -0.39 is 21.2 Å². The first-order valence-corrected chi connectivity index (χ1v) is 6.29. The van der Waals surface area contributed by atoms with Crippen LogP contribution in [0, 0.1) is 0 Å². The summed E-state index contributed by atoms with van der Waals surface area (Å²) in [5.41, 5.74) is 0.00565. The maximum atomic E-state index is 12.0. The van der Waals surface area contributed by atoms with Gasteiger partial charge in [0.2, 0.25) is 10.0 Å². The first-order chi connectivity index (χ1) is 7.75. The van der Waals surface area contributed by atoms with Crippen molar-refractivity contribution in [2.75, 3.05) is 14.1 Å². The molecule has 0 aromatic heterocycles. The fraction of sp³-hybridized carbons (Fsp3) is 0.300.